The lowest BCUT2D eigenvalue weighted by atomic mass is 10.1. The molecule has 0 N–H and O–H groups in total. The Balaban J connectivity index is 3.90. The second-order valence-electron chi connectivity index (χ2n) is 2.44. The molecule has 0 aliphatic rings. The Labute approximate surface area is 67.6 Å². The third-order valence-electron chi connectivity index (χ3n) is 1.53. The van der Waals surface area contributed by atoms with Crippen LogP contribution in [0.1, 0.15) is 13.3 Å². The molecule has 3 nitrogen and oxygen atoms in total. The maximum absolute atomic E-state index is 11.2. The van der Waals surface area contributed by atoms with E-state index in [4.69, 9.17) is 4.84 Å². The van der Waals surface area contributed by atoms with Crippen LogP contribution in [0.25, 0.3) is 0 Å². The van der Waals surface area contributed by atoms with Crippen molar-refractivity contribution < 1.29 is 9.63 Å². The van der Waals surface area contributed by atoms with Crippen LogP contribution in [0.5, 0.6) is 0 Å². The van der Waals surface area contributed by atoms with Crippen molar-refractivity contribution in [3.63, 3.8) is 0 Å². The molecule has 0 aliphatic heterocycles. The highest BCUT2D eigenvalue weighted by Gasteiger charge is 2.15. The average Bonchev–Trinajstić information content (AvgIpc) is 2.02. The summed E-state index contributed by atoms with van der Waals surface area (Å²) in [6.45, 7) is 5.40. The van der Waals surface area contributed by atoms with E-state index in [0.29, 0.717) is 6.42 Å². The van der Waals surface area contributed by atoms with E-state index in [1.807, 2.05) is 6.92 Å². The molecule has 0 aromatic carbocycles. The molecule has 0 bridgehead atoms. The van der Waals surface area contributed by atoms with E-state index >= 15 is 0 Å². The monoisotopic (exact) mass is 157 g/mol. The van der Waals surface area contributed by atoms with Crippen molar-refractivity contribution in [1.29, 1.82) is 0 Å². The summed E-state index contributed by atoms with van der Waals surface area (Å²) >= 11 is 0. The van der Waals surface area contributed by atoms with E-state index in [1.165, 1.54) is 12.2 Å². The van der Waals surface area contributed by atoms with E-state index in [0.717, 1.165) is 0 Å². The Hall–Kier alpha value is -0.830. The van der Waals surface area contributed by atoms with Crippen LogP contribution in [0.2, 0.25) is 0 Å². The lowest BCUT2D eigenvalue weighted by Gasteiger charge is -2.17. The van der Waals surface area contributed by atoms with E-state index < -0.39 is 0 Å². The van der Waals surface area contributed by atoms with Gasteiger partial charge in [-0.25, -0.2) is 5.06 Å². The molecule has 0 saturated heterocycles. The molecule has 1 amide bonds. The standard InChI is InChI=1S/C8H15NO2/c1-5-6-7(2)8(10)9(3)11-4/h5,7H,1,6H2,2-4H3. The molecule has 0 heterocycles. The van der Waals surface area contributed by atoms with Gasteiger partial charge in [0.1, 0.15) is 0 Å². The fourth-order valence-electron chi connectivity index (χ4n) is 0.751. The summed E-state index contributed by atoms with van der Waals surface area (Å²) in [7, 11) is 3.07. The minimum atomic E-state index is -0.0440. The Bertz CT molecular complexity index is 145. The lowest BCUT2D eigenvalue weighted by molar-refractivity contribution is -0.172. The van der Waals surface area contributed by atoms with Crippen LogP contribution in [0.4, 0.5) is 0 Å². The van der Waals surface area contributed by atoms with Gasteiger partial charge in [0, 0.05) is 13.0 Å². The number of hydrogen-bond acceptors (Lipinski definition) is 2. The van der Waals surface area contributed by atoms with Crippen LogP contribution >= 0.6 is 0 Å². The molecule has 0 saturated carbocycles. The van der Waals surface area contributed by atoms with Crippen molar-refractivity contribution in [2.24, 2.45) is 5.92 Å². The van der Waals surface area contributed by atoms with Gasteiger partial charge in [0.2, 0.25) is 5.91 Å². The number of allylic oxidation sites excluding steroid dienone is 1. The third kappa shape index (κ3) is 3.18. The fourth-order valence-corrected chi connectivity index (χ4v) is 0.751. The van der Waals surface area contributed by atoms with E-state index in [9.17, 15) is 4.79 Å². The van der Waals surface area contributed by atoms with Crippen molar-refractivity contribution in [3.05, 3.63) is 12.7 Å². The molecule has 0 aliphatic carbocycles. The van der Waals surface area contributed by atoms with Gasteiger partial charge in [-0.15, -0.1) is 6.58 Å². The normalized spacial score (nSPS) is 12.3. The predicted molar refractivity (Wildman–Crippen MR) is 43.8 cm³/mol. The number of rotatable bonds is 4. The van der Waals surface area contributed by atoms with Gasteiger partial charge in [-0.05, 0) is 6.42 Å². The molecule has 0 aromatic heterocycles. The first kappa shape index (κ1) is 10.2. The number of hydrogen-bond donors (Lipinski definition) is 0. The topological polar surface area (TPSA) is 29.5 Å². The maximum Gasteiger partial charge on any atom is 0.248 e. The Morgan fingerprint density at radius 2 is 2.36 bits per heavy atom. The molecule has 11 heavy (non-hydrogen) atoms. The first-order valence-electron chi connectivity index (χ1n) is 3.56. The molecule has 0 rings (SSSR count). The van der Waals surface area contributed by atoms with Crippen LogP contribution in [-0.2, 0) is 9.63 Å². The molecular formula is C8H15NO2. The number of amides is 1. The zero-order valence-corrected chi connectivity index (χ0v) is 7.33. The van der Waals surface area contributed by atoms with E-state index in [1.54, 1.807) is 13.1 Å². The molecule has 0 radical (unpaired) electrons. The minimum absolute atomic E-state index is 0.0209. The van der Waals surface area contributed by atoms with Gasteiger partial charge in [-0.1, -0.05) is 13.0 Å². The maximum atomic E-state index is 11.2. The zero-order valence-electron chi connectivity index (χ0n) is 7.33. The molecule has 1 unspecified atom stereocenters. The van der Waals surface area contributed by atoms with E-state index in [2.05, 4.69) is 6.58 Å². The van der Waals surface area contributed by atoms with Gasteiger partial charge in [0.25, 0.3) is 0 Å². The number of carbonyl (C=O) groups is 1. The lowest BCUT2D eigenvalue weighted by Crippen LogP contribution is -2.30. The number of carbonyl (C=O) groups excluding carboxylic acids is 1. The predicted octanol–water partition coefficient (Wildman–Crippen LogP) is 1.22. The first-order chi connectivity index (χ1) is 5.13. The summed E-state index contributed by atoms with van der Waals surface area (Å²) in [5.74, 6) is -0.0650. The number of nitrogens with zero attached hydrogens (tertiary/aromatic N) is 1. The van der Waals surface area contributed by atoms with Crippen LogP contribution in [0, 0.1) is 5.92 Å². The van der Waals surface area contributed by atoms with Gasteiger partial charge in [-0.3, -0.25) is 9.63 Å². The molecule has 0 aromatic rings. The van der Waals surface area contributed by atoms with Crippen molar-refractivity contribution in [2.75, 3.05) is 14.2 Å². The quantitative estimate of drug-likeness (QED) is 0.453. The first-order valence-corrected chi connectivity index (χ1v) is 3.56. The highest BCUT2D eigenvalue weighted by Crippen LogP contribution is 2.05. The largest absolute Gasteiger partial charge is 0.275 e. The van der Waals surface area contributed by atoms with E-state index in [-0.39, 0.29) is 11.8 Å². The van der Waals surface area contributed by atoms with Crippen LogP contribution in [0.15, 0.2) is 12.7 Å². The second kappa shape index (κ2) is 4.91. The molecule has 1 atom stereocenters. The third-order valence-corrected chi connectivity index (χ3v) is 1.53. The summed E-state index contributed by atoms with van der Waals surface area (Å²) in [5, 5.41) is 1.23. The fraction of sp³-hybridized carbons (Fsp3) is 0.625. The smallest absolute Gasteiger partial charge is 0.248 e. The van der Waals surface area contributed by atoms with Crippen LogP contribution in [0.3, 0.4) is 0 Å². The van der Waals surface area contributed by atoms with Crippen LogP contribution in [-0.4, -0.2) is 25.1 Å². The Kier molecular flexibility index (Phi) is 4.54. The summed E-state index contributed by atoms with van der Waals surface area (Å²) in [4.78, 5) is 15.9. The van der Waals surface area contributed by atoms with Crippen molar-refractivity contribution in [2.45, 2.75) is 13.3 Å². The molecule has 3 heteroatoms. The van der Waals surface area contributed by atoms with Gasteiger partial charge < -0.3 is 0 Å². The van der Waals surface area contributed by atoms with Crippen molar-refractivity contribution in [3.8, 4) is 0 Å². The summed E-state index contributed by atoms with van der Waals surface area (Å²) in [6.07, 6.45) is 2.42. The highest BCUT2D eigenvalue weighted by atomic mass is 16.7. The molecule has 64 valence electrons. The zero-order chi connectivity index (χ0) is 8.85. The van der Waals surface area contributed by atoms with Gasteiger partial charge in [-0.2, -0.15) is 0 Å². The van der Waals surface area contributed by atoms with Crippen molar-refractivity contribution in [1.82, 2.24) is 5.06 Å². The second-order valence-corrected chi connectivity index (χ2v) is 2.44. The Morgan fingerprint density at radius 3 is 2.73 bits per heavy atom. The minimum Gasteiger partial charge on any atom is -0.275 e. The van der Waals surface area contributed by atoms with Gasteiger partial charge >= 0.3 is 0 Å². The number of hydroxylamine groups is 2. The highest BCUT2D eigenvalue weighted by molar-refractivity contribution is 5.77. The van der Waals surface area contributed by atoms with Gasteiger partial charge in [0.15, 0.2) is 0 Å². The van der Waals surface area contributed by atoms with Crippen LogP contribution < -0.4 is 0 Å². The van der Waals surface area contributed by atoms with Gasteiger partial charge in [0.05, 0.1) is 7.11 Å². The van der Waals surface area contributed by atoms with Crippen molar-refractivity contribution >= 4 is 5.91 Å². The molecule has 0 spiro atoms. The summed E-state index contributed by atoms with van der Waals surface area (Å²) in [5.41, 5.74) is 0. The average molecular weight is 157 g/mol. The SMILES string of the molecule is C=CCC(C)C(=O)N(C)OC. The summed E-state index contributed by atoms with van der Waals surface area (Å²) in [6, 6.07) is 0. The summed E-state index contributed by atoms with van der Waals surface area (Å²) < 4.78 is 0. The Morgan fingerprint density at radius 1 is 1.82 bits per heavy atom. The molecule has 0 fully saturated rings. The molecular weight excluding hydrogens is 142 g/mol.